The van der Waals surface area contributed by atoms with Crippen LogP contribution in [0.25, 0.3) is 6.08 Å². The number of hydrogen-bond donors (Lipinski definition) is 0. The molecule has 0 bridgehead atoms. The van der Waals surface area contributed by atoms with Gasteiger partial charge in [-0.05, 0) is 30.3 Å². The number of benzene rings is 2. The molecule has 1 heterocycles. The number of halogens is 2. The summed E-state index contributed by atoms with van der Waals surface area (Å²) in [5.41, 5.74) is 0.893. The highest BCUT2D eigenvalue weighted by Crippen LogP contribution is 2.36. The Hall–Kier alpha value is -2.50. The number of carbonyl (C=O) groups is 2. The van der Waals surface area contributed by atoms with E-state index < -0.39 is 5.97 Å². The van der Waals surface area contributed by atoms with E-state index in [1.165, 1.54) is 19.3 Å². The molecule has 3 rings (SSSR count). The molecule has 7 heteroatoms. The maximum absolute atomic E-state index is 12.5. The fourth-order valence-corrected chi connectivity index (χ4v) is 2.74. The van der Waals surface area contributed by atoms with Gasteiger partial charge in [0.05, 0.1) is 12.7 Å². The molecule has 25 heavy (non-hydrogen) atoms. The number of fused-ring (bicyclic) bond motifs is 1. The van der Waals surface area contributed by atoms with Gasteiger partial charge in [-0.1, -0.05) is 29.3 Å². The molecule has 0 aromatic heterocycles. The smallest absolute Gasteiger partial charge is 0.343 e. The summed E-state index contributed by atoms with van der Waals surface area (Å²) < 4.78 is 15.4. The van der Waals surface area contributed by atoms with Crippen LogP contribution < -0.4 is 9.47 Å². The molecule has 1 aliphatic heterocycles. The lowest BCUT2D eigenvalue weighted by Crippen LogP contribution is -2.12. The van der Waals surface area contributed by atoms with Gasteiger partial charge in [0, 0.05) is 21.7 Å². The van der Waals surface area contributed by atoms with E-state index in [-0.39, 0.29) is 18.1 Å². The number of esters is 1. The Labute approximate surface area is 153 Å². The van der Waals surface area contributed by atoms with E-state index in [0.717, 1.165) is 0 Å². The van der Waals surface area contributed by atoms with Crippen LogP contribution in [-0.2, 0) is 9.53 Å². The third-order valence-corrected chi connectivity index (χ3v) is 4.16. The summed E-state index contributed by atoms with van der Waals surface area (Å²) in [7, 11) is 1.27. The van der Waals surface area contributed by atoms with Gasteiger partial charge in [0.25, 0.3) is 0 Å². The van der Waals surface area contributed by atoms with Gasteiger partial charge in [-0.25, -0.2) is 4.79 Å². The highest BCUT2D eigenvalue weighted by molar-refractivity contribution is 6.37. The fraction of sp³-hybridized carbons (Fsp3) is 0.111. The van der Waals surface area contributed by atoms with Gasteiger partial charge >= 0.3 is 5.97 Å². The van der Waals surface area contributed by atoms with Crippen molar-refractivity contribution in [2.45, 2.75) is 0 Å². The zero-order chi connectivity index (χ0) is 18.0. The van der Waals surface area contributed by atoms with E-state index in [1.54, 1.807) is 30.3 Å². The summed E-state index contributed by atoms with van der Waals surface area (Å²) in [6, 6.07) is 9.74. The third-order valence-electron chi connectivity index (χ3n) is 3.50. The molecule has 0 spiro atoms. The second-order valence-electron chi connectivity index (χ2n) is 5.10. The average Bonchev–Trinajstić information content (AvgIpc) is 2.91. The van der Waals surface area contributed by atoms with E-state index in [9.17, 15) is 9.59 Å². The number of rotatable bonds is 4. The highest BCUT2D eigenvalue weighted by Gasteiger charge is 2.28. The number of ketones is 1. The zero-order valence-corrected chi connectivity index (χ0v) is 14.6. The maximum atomic E-state index is 12.5. The molecular weight excluding hydrogens is 367 g/mol. The molecule has 0 saturated heterocycles. The SMILES string of the molecule is COC(=O)COc1ccc2c(c1)O/C(=C/c1c(Cl)cccc1Cl)C2=O. The van der Waals surface area contributed by atoms with E-state index >= 15 is 0 Å². The largest absolute Gasteiger partial charge is 0.482 e. The van der Waals surface area contributed by atoms with Gasteiger partial charge < -0.3 is 14.2 Å². The molecule has 2 aromatic carbocycles. The van der Waals surface area contributed by atoms with Crippen molar-refractivity contribution in [1.82, 2.24) is 0 Å². The molecule has 2 aromatic rings. The van der Waals surface area contributed by atoms with E-state index in [4.69, 9.17) is 32.7 Å². The Morgan fingerprint density at radius 3 is 2.60 bits per heavy atom. The summed E-state index contributed by atoms with van der Waals surface area (Å²) >= 11 is 12.2. The van der Waals surface area contributed by atoms with E-state index in [1.807, 2.05) is 0 Å². The third kappa shape index (κ3) is 3.62. The van der Waals surface area contributed by atoms with E-state index in [0.29, 0.717) is 32.7 Å². The predicted octanol–water partition coefficient (Wildman–Crippen LogP) is 4.16. The molecule has 0 amide bonds. The lowest BCUT2D eigenvalue weighted by molar-refractivity contribution is -0.142. The van der Waals surface area contributed by atoms with Crippen LogP contribution in [0.5, 0.6) is 11.5 Å². The van der Waals surface area contributed by atoms with Crippen LogP contribution >= 0.6 is 23.2 Å². The summed E-state index contributed by atoms with van der Waals surface area (Å²) in [6.45, 7) is -0.235. The van der Waals surface area contributed by atoms with Crippen LogP contribution in [-0.4, -0.2) is 25.5 Å². The van der Waals surface area contributed by atoms with Crippen molar-refractivity contribution in [3.05, 3.63) is 63.3 Å². The molecule has 0 saturated carbocycles. The molecule has 5 nitrogen and oxygen atoms in total. The lowest BCUT2D eigenvalue weighted by Gasteiger charge is -2.06. The van der Waals surface area contributed by atoms with Gasteiger partial charge in [-0.15, -0.1) is 0 Å². The van der Waals surface area contributed by atoms with Crippen LogP contribution in [0.15, 0.2) is 42.2 Å². The van der Waals surface area contributed by atoms with Crippen molar-refractivity contribution < 1.29 is 23.8 Å². The zero-order valence-electron chi connectivity index (χ0n) is 13.0. The Balaban J connectivity index is 1.86. The number of allylic oxidation sites excluding steroid dienone is 1. The molecule has 0 N–H and O–H groups in total. The highest BCUT2D eigenvalue weighted by atomic mass is 35.5. The minimum absolute atomic E-state index is 0.107. The normalized spacial score (nSPS) is 14.2. The van der Waals surface area contributed by atoms with Gasteiger partial charge in [-0.3, -0.25) is 4.79 Å². The van der Waals surface area contributed by atoms with Crippen molar-refractivity contribution in [3.63, 3.8) is 0 Å². The first-order valence-corrected chi connectivity index (χ1v) is 7.97. The maximum Gasteiger partial charge on any atom is 0.343 e. The summed E-state index contributed by atoms with van der Waals surface area (Å²) in [6.07, 6.45) is 1.50. The fourth-order valence-electron chi connectivity index (χ4n) is 2.24. The standard InChI is InChI=1S/C18H12Cl2O5/c1-23-17(21)9-24-10-5-6-11-15(7-10)25-16(18(11)22)8-12-13(19)3-2-4-14(12)20/h2-8H,9H2,1H3/b16-8+. The van der Waals surface area contributed by atoms with Crippen LogP contribution in [0.4, 0.5) is 0 Å². The number of carbonyl (C=O) groups excluding carboxylic acids is 2. The Bertz CT molecular complexity index is 869. The van der Waals surface area contributed by atoms with Gasteiger partial charge in [0.15, 0.2) is 12.4 Å². The molecule has 128 valence electrons. The predicted molar refractivity (Wildman–Crippen MR) is 93.4 cm³/mol. The molecule has 1 aliphatic rings. The summed E-state index contributed by atoms with van der Waals surface area (Å²) in [5.74, 6) is 0.0304. The minimum atomic E-state index is -0.508. The van der Waals surface area contributed by atoms with Crippen molar-refractivity contribution in [2.75, 3.05) is 13.7 Å². The minimum Gasteiger partial charge on any atom is -0.482 e. The first-order valence-electron chi connectivity index (χ1n) is 7.21. The molecule has 0 radical (unpaired) electrons. The second-order valence-corrected chi connectivity index (χ2v) is 5.91. The quantitative estimate of drug-likeness (QED) is 0.590. The topological polar surface area (TPSA) is 61.8 Å². The summed E-state index contributed by atoms with van der Waals surface area (Å²) in [4.78, 5) is 23.6. The number of Topliss-reactive ketones (excluding diaryl/α,β-unsaturated/α-hetero) is 1. The molecular formula is C18H12Cl2O5. The Morgan fingerprint density at radius 1 is 1.20 bits per heavy atom. The van der Waals surface area contributed by atoms with Crippen molar-refractivity contribution in [3.8, 4) is 11.5 Å². The second kappa shape index (κ2) is 7.17. The van der Waals surface area contributed by atoms with Gasteiger partial charge in [0.2, 0.25) is 5.78 Å². The van der Waals surface area contributed by atoms with Crippen LogP contribution in [0.1, 0.15) is 15.9 Å². The van der Waals surface area contributed by atoms with Gasteiger partial charge in [-0.2, -0.15) is 0 Å². The lowest BCUT2D eigenvalue weighted by atomic mass is 10.1. The monoisotopic (exact) mass is 378 g/mol. The first kappa shape index (κ1) is 17.3. The number of methoxy groups -OCH3 is 1. The van der Waals surface area contributed by atoms with Crippen molar-refractivity contribution in [1.29, 1.82) is 0 Å². The molecule has 0 atom stereocenters. The average molecular weight is 379 g/mol. The van der Waals surface area contributed by atoms with Crippen LogP contribution in [0.3, 0.4) is 0 Å². The van der Waals surface area contributed by atoms with Crippen LogP contribution in [0.2, 0.25) is 10.0 Å². The number of ether oxygens (including phenoxy) is 3. The van der Waals surface area contributed by atoms with E-state index in [2.05, 4.69) is 4.74 Å². The Kier molecular flexibility index (Phi) is 4.97. The molecule has 0 fully saturated rings. The van der Waals surface area contributed by atoms with Crippen molar-refractivity contribution >= 4 is 41.0 Å². The van der Waals surface area contributed by atoms with Crippen molar-refractivity contribution in [2.24, 2.45) is 0 Å². The molecule has 0 unspecified atom stereocenters. The molecule has 0 aliphatic carbocycles. The number of hydrogen-bond acceptors (Lipinski definition) is 5. The first-order chi connectivity index (χ1) is 12.0. The van der Waals surface area contributed by atoms with Crippen LogP contribution in [0, 0.1) is 0 Å². The Morgan fingerprint density at radius 2 is 1.92 bits per heavy atom. The van der Waals surface area contributed by atoms with Gasteiger partial charge in [0.1, 0.15) is 11.5 Å². The summed E-state index contributed by atoms with van der Waals surface area (Å²) in [5, 5.41) is 0.823.